The maximum absolute atomic E-state index is 13.4. The van der Waals surface area contributed by atoms with Crippen molar-refractivity contribution in [2.45, 2.75) is 26.3 Å². The van der Waals surface area contributed by atoms with Gasteiger partial charge in [-0.05, 0) is 38.0 Å². The van der Waals surface area contributed by atoms with Crippen molar-refractivity contribution in [2.24, 2.45) is 0 Å². The number of aliphatic hydroxyl groups is 1. The lowest BCUT2D eigenvalue weighted by atomic mass is 9.92. The topological polar surface area (TPSA) is 88.5 Å². The molecule has 8 heteroatoms. The van der Waals surface area contributed by atoms with Crippen LogP contribution in [0.4, 0.5) is 0 Å². The molecule has 2 aliphatic rings. The number of ketones is 1. The molecule has 0 spiro atoms. The average molecular weight is 495 g/mol. The molecule has 2 saturated heterocycles. The van der Waals surface area contributed by atoms with Gasteiger partial charge in [0.1, 0.15) is 5.76 Å². The molecule has 0 aromatic heterocycles. The first-order chi connectivity index (χ1) is 17.4. The summed E-state index contributed by atoms with van der Waals surface area (Å²) in [6.45, 7) is 8.01. The smallest absolute Gasteiger partial charge is 0.295 e. The van der Waals surface area contributed by atoms with Gasteiger partial charge in [0.05, 0.1) is 39.0 Å². The van der Waals surface area contributed by atoms with Crippen molar-refractivity contribution in [2.75, 3.05) is 53.6 Å². The molecule has 0 saturated carbocycles. The van der Waals surface area contributed by atoms with Crippen LogP contribution in [0.25, 0.3) is 5.76 Å². The van der Waals surface area contributed by atoms with E-state index in [4.69, 9.17) is 14.2 Å². The van der Waals surface area contributed by atoms with Crippen LogP contribution in [0.15, 0.2) is 42.0 Å². The second kappa shape index (κ2) is 11.1. The largest absolute Gasteiger partial charge is 0.507 e. The summed E-state index contributed by atoms with van der Waals surface area (Å²) in [5, 5.41) is 11.5. The van der Waals surface area contributed by atoms with Gasteiger partial charge in [0.15, 0.2) is 11.5 Å². The SMILES string of the molecule is COc1cccc(C2/C(=C(\O)c3cc(C)ccc3C)C(=O)C(=O)N2CCCN2CCOCC2)c1OC. The van der Waals surface area contributed by atoms with Crippen molar-refractivity contribution in [3.63, 3.8) is 0 Å². The highest BCUT2D eigenvalue weighted by atomic mass is 16.5. The number of benzene rings is 2. The Labute approximate surface area is 212 Å². The maximum Gasteiger partial charge on any atom is 0.295 e. The van der Waals surface area contributed by atoms with Gasteiger partial charge < -0.3 is 24.2 Å². The zero-order chi connectivity index (χ0) is 25.8. The molecular weight excluding hydrogens is 460 g/mol. The molecule has 2 fully saturated rings. The second-order valence-corrected chi connectivity index (χ2v) is 9.20. The summed E-state index contributed by atoms with van der Waals surface area (Å²) in [6, 6.07) is 10.2. The Balaban J connectivity index is 1.79. The minimum atomic E-state index is -0.806. The standard InChI is InChI=1S/C28H34N2O6/c1-18-9-10-19(2)21(17-18)25(31)23-24(20-7-5-8-22(34-3)27(20)35-4)30(28(33)26(23)32)12-6-11-29-13-15-36-16-14-29/h5,7-10,17,24,31H,6,11-16H2,1-4H3/b25-23+. The number of hydrogen-bond donors (Lipinski definition) is 1. The highest BCUT2D eigenvalue weighted by Crippen LogP contribution is 2.45. The van der Waals surface area contributed by atoms with Crippen molar-refractivity contribution in [1.29, 1.82) is 0 Å². The predicted molar refractivity (Wildman–Crippen MR) is 136 cm³/mol. The van der Waals surface area contributed by atoms with Crippen LogP contribution in [-0.2, 0) is 14.3 Å². The lowest BCUT2D eigenvalue weighted by Gasteiger charge is -2.30. The highest BCUT2D eigenvalue weighted by molar-refractivity contribution is 6.46. The monoisotopic (exact) mass is 494 g/mol. The average Bonchev–Trinajstić information content (AvgIpc) is 3.14. The molecule has 2 heterocycles. The molecule has 192 valence electrons. The van der Waals surface area contributed by atoms with Crippen LogP contribution in [-0.4, -0.2) is 80.2 Å². The highest BCUT2D eigenvalue weighted by Gasteiger charge is 2.47. The number of morpholine rings is 1. The number of Topliss-reactive ketones (excluding diaryl/α,β-unsaturated/α-hetero) is 1. The van der Waals surface area contributed by atoms with Gasteiger partial charge in [0, 0.05) is 37.3 Å². The van der Waals surface area contributed by atoms with Crippen molar-refractivity contribution in [3.05, 3.63) is 64.2 Å². The number of aryl methyl sites for hydroxylation is 2. The molecule has 1 unspecified atom stereocenters. The van der Waals surface area contributed by atoms with Gasteiger partial charge in [-0.25, -0.2) is 0 Å². The van der Waals surface area contributed by atoms with Crippen LogP contribution in [0.2, 0.25) is 0 Å². The van der Waals surface area contributed by atoms with E-state index in [2.05, 4.69) is 4.90 Å². The van der Waals surface area contributed by atoms with E-state index in [0.29, 0.717) is 48.8 Å². The summed E-state index contributed by atoms with van der Waals surface area (Å²) in [7, 11) is 3.06. The Hall–Kier alpha value is -3.36. The van der Waals surface area contributed by atoms with E-state index < -0.39 is 17.7 Å². The normalized spacial score (nSPS) is 20.1. The quantitative estimate of drug-likeness (QED) is 0.342. The third kappa shape index (κ3) is 4.96. The minimum absolute atomic E-state index is 0.0617. The van der Waals surface area contributed by atoms with Gasteiger partial charge in [-0.2, -0.15) is 0 Å². The number of amides is 1. The fourth-order valence-electron chi connectivity index (χ4n) is 4.99. The number of carbonyl (C=O) groups excluding carboxylic acids is 2. The maximum atomic E-state index is 13.4. The lowest BCUT2D eigenvalue weighted by Crippen LogP contribution is -2.39. The number of likely N-dealkylation sites (tertiary alicyclic amines) is 1. The Morgan fingerprint density at radius 2 is 1.81 bits per heavy atom. The number of methoxy groups -OCH3 is 2. The van der Waals surface area contributed by atoms with E-state index in [9.17, 15) is 14.7 Å². The molecule has 8 nitrogen and oxygen atoms in total. The van der Waals surface area contributed by atoms with Crippen LogP contribution in [0.5, 0.6) is 11.5 Å². The molecule has 1 atom stereocenters. The molecule has 36 heavy (non-hydrogen) atoms. The van der Waals surface area contributed by atoms with Crippen LogP contribution >= 0.6 is 0 Å². The Morgan fingerprint density at radius 3 is 2.50 bits per heavy atom. The third-order valence-corrected chi connectivity index (χ3v) is 6.89. The number of hydrogen-bond acceptors (Lipinski definition) is 7. The van der Waals surface area contributed by atoms with Gasteiger partial charge in [-0.15, -0.1) is 0 Å². The first-order valence-corrected chi connectivity index (χ1v) is 12.2. The van der Waals surface area contributed by atoms with E-state index in [1.165, 1.54) is 14.2 Å². The molecule has 2 aromatic rings. The molecular formula is C28H34N2O6. The zero-order valence-electron chi connectivity index (χ0n) is 21.4. The molecule has 2 aromatic carbocycles. The molecule has 4 rings (SSSR count). The minimum Gasteiger partial charge on any atom is -0.507 e. The molecule has 1 amide bonds. The molecule has 0 aliphatic carbocycles. The van der Waals surface area contributed by atoms with E-state index in [-0.39, 0.29) is 11.3 Å². The second-order valence-electron chi connectivity index (χ2n) is 9.20. The number of rotatable bonds is 8. The Bertz CT molecular complexity index is 1170. The fraction of sp³-hybridized carbons (Fsp3) is 0.429. The summed E-state index contributed by atoms with van der Waals surface area (Å²) < 4.78 is 16.6. The summed E-state index contributed by atoms with van der Waals surface area (Å²) in [5.41, 5.74) is 2.94. The van der Waals surface area contributed by atoms with E-state index >= 15 is 0 Å². The van der Waals surface area contributed by atoms with Crippen LogP contribution in [0, 0.1) is 13.8 Å². The molecule has 2 aliphatic heterocycles. The first kappa shape index (κ1) is 25.7. The van der Waals surface area contributed by atoms with Crippen LogP contribution in [0.3, 0.4) is 0 Å². The third-order valence-electron chi connectivity index (χ3n) is 6.89. The van der Waals surface area contributed by atoms with Crippen molar-refractivity contribution in [1.82, 2.24) is 9.80 Å². The first-order valence-electron chi connectivity index (χ1n) is 12.2. The number of para-hydroxylation sites is 1. The van der Waals surface area contributed by atoms with Crippen molar-refractivity contribution < 1.29 is 28.9 Å². The predicted octanol–water partition coefficient (Wildman–Crippen LogP) is 3.46. The number of carbonyl (C=O) groups is 2. The number of ether oxygens (including phenoxy) is 3. The van der Waals surface area contributed by atoms with Gasteiger partial charge in [-0.1, -0.05) is 29.8 Å². The lowest BCUT2D eigenvalue weighted by molar-refractivity contribution is -0.140. The number of aliphatic hydroxyl groups excluding tert-OH is 1. The van der Waals surface area contributed by atoms with Gasteiger partial charge in [0.2, 0.25) is 0 Å². The van der Waals surface area contributed by atoms with Gasteiger partial charge >= 0.3 is 0 Å². The molecule has 0 radical (unpaired) electrons. The summed E-state index contributed by atoms with van der Waals surface area (Å²) in [5.74, 6) is -0.592. The van der Waals surface area contributed by atoms with Crippen LogP contribution < -0.4 is 9.47 Å². The van der Waals surface area contributed by atoms with E-state index in [1.807, 2.05) is 38.1 Å². The fourth-order valence-corrected chi connectivity index (χ4v) is 4.99. The van der Waals surface area contributed by atoms with Gasteiger partial charge in [0.25, 0.3) is 11.7 Å². The zero-order valence-corrected chi connectivity index (χ0v) is 21.4. The van der Waals surface area contributed by atoms with Crippen molar-refractivity contribution in [3.8, 4) is 11.5 Å². The Morgan fingerprint density at radius 1 is 1.06 bits per heavy atom. The van der Waals surface area contributed by atoms with Crippen molar-refractivity contribution >= 4 is 17.4 Å². The van der Waals surface area contributed by atoms with E-state index in [0.717, 1.165) is 30.8 Å². The van der Waals surface area contributed by atoms with Crippen LogP contribution in [0.1, 0.15) is 34.7 Å². The summed E-state index contributed by atoms with van der Waals surface area (Å²) in [4.78, 5) is 30.6. The summed E-state index contributed by atoms with van der Waals surface area (Å²) >= 11 is 0. The van der Waals surface area contributed by atoms with Gasteiger partial charge in [-0.3, -0.25) is 14.5 Å². The summed E-state index contributed by atoms with van der Waals surface area (Å²) in [6.07, 6.45) is 0.680. The Kier molecular flexibility index (Phi) is 7.96. The molecule has 1 N–H and O–H groups in total. The number of nitrogens with zero attached hydrogens (tertiary/aromatic N) is 2. The molecule has 0 bridgehead atoms. The van der Waals surface area contributed by atoms with E-state index in [1.54, 1.807) is 17.0 Å².